The van der Waals surface area contributed by atoms with Crippen LogP contribution in [0, 0.1) is 5.92 Å². The van der Waals surface area contributed by atoms with Crippen molar-refractivity contribution >= 4 is 11.8 Å². The smallest absolute Gasteiger partial charge is 0.191 e. The number of nitrogens with zero attached hydrogens (tertiary/aromatic N) is 3. The highest BCUT2D eigenvalue weighted by molar-refractivity contribution is 7.99. The molecule has 0 aromatic carbocycles. The number of ether oxygens (including phenoxy) is 1. The molecule has 3 heterocycles. The Labute approximate surface area is 136 Å². The Balaban J connectivity index is 1.62. The Morgan fingerprint density at radius 1 is 1.32 bits per heavy atom. The van der Waals surface area contributed by atoms with Crippen LogP contribution in [0.4, 0.5) is 0 Å². The van der Waals surface area contributed by atoms with Crippen molar-refractivity contribution < 1.29 is 4.74 Å². The van der Waals surface area contributed by atoms with Crippen LogP contribution in [0.2, 0.25) is 0 Å². The molecular weight excluding hydrogens is 296 g/mol. The third-order valence-electron chi connectivity index (χ3n) is 4.54. The quantitative estimate of drug-likeness (QED) is 0.617. The molecule has 0 radical (unpaired) electrons. The van der Waals surface area contributed by atoms with Gasteiger partial charge in [-0.3, -0.25) is 0 Å². The maximum absolute atomic E-state index is 5.44. The fourth-order valence-corrected chi connectivity index (χ4v) is 4.27. The summed E-state index contributed by atoms with van der Waals surface area (Å²) in [5.74, 6) is 3.50. The predicted molar refractivity (Wildman–Crippen MR) is 89.3 cm³/mol. The number of aromatic nitrogens is 3. The maximum atomic E-state index is 5.44. The highest BCUT2D eigenvalue weighted by atomic mass is 32.2. The number of hydrogen-bond acceptors (Lipinski definition) is 5. The summed E-state index contributed by atoms with van der Waals surface area (Å²) in [4.78, 5) is 0. The molecule has 1 atom stereocenters. The summed E-state index contributed by atoms with van der Waals surface area (Å²) in [5, 5.41) is 13.4. The molecule has 2 aliphatic heterocycles. The first-order chi connectivity index (χ1) is 10.9. The topological polar surface area (TPSA) is 52.0 Å². The van der Waals surface area contributed by atoms with Crippen LogP contribution in [0.3, 0.4) is 0 Å². The number of hydrogen-bond donors (Lipinski definition) is 1. The molecule has 2 saturated heterocycles. The van der Waals surface area contributed by atoms with E-state index in [-0.39, 0.29) is 0 Å². The van der Waals surface area contributed by atoms with Crippen molar-refractivity contribution in [3.63, 3.8) is 0 Å². The lowest BCUT2D eigenvalue weighted by atomic mass is 9.97. The fourth-order valence-electron chi connectivity index (χ4n) is 3.22. The molecule has 0 saturated carbocycles. The lowest BCUT2D eigenvalue weighted by Crippen LogP contribution is -2.28. The molecule has 0 bridgehead atoms. The predicted octanol–water partition coefficient (Wildman–Crippen LogP) is 2.45. The molecule has 3 rings (SSSR count). The van der Waals surface area contributed by atoms with Gasteiger partial charge in [0.2, 0.25) is 0 Å². The zero-order chi connectivity index (χ0) is 15.2. The van der Waals surface area contributed by atoms with Gasteiger partial charge in [-0.2, -0.15) is 0 Å². The minimum atomic E-state index is 0.534. The van der Waals surface area contributed by atoms with Gasteiger partial charge < -0.3 is 14.6 Å². The van der Waals surface area contributed by atoms with Crippen molar-refractivity contribution in [2.45, 2.75) is 43.3 Å². The van der Waals surface area contributed by atoms with E-state index in [2.05, 4.69) is 26.7 Å². The van der Waals surface area contributed by atoms with Crippen molar-refractivity contribution in [1.82, 2.24) is 20.1 Å². The molecule has 0 spiro atoms. The molecule has 2 aliphatic rings. The first kappa shape index (κ1) is 16.0. The Kier molecular flexibility index (Phi) is 5.92. The summed E-state index contributed by atoms with van der Waals surface area (Å²) in [5.41, 5.74) is 0. The summed E-state index contributed by atoms with van der Waals surface area (Å²) in [6.45, 7) is 8.72. The molecule has 2 fully saturated rings. The Morgan fingerprint density at radius 2 is 2.18 bits per heavy atom. The van der Waals surface area contributed by atoms with Crippen molar-refractivity contribution in [2.24, 2.45) is 5.92 Å². The van der Waals surface area contributed by atoms with Gasteiger partial charge in [0.05, 0.1) is 0 Å². The van der Waals surface area contributed by atoms with Gasteiger partial charge >= 0.3 is 0 Å². The van der Waals surface area contributed by atoms with Gasteiger partial charge in [-0.05, 0) is 44.7 Å². The van der Waals surface area contributed by atoms with Crippen LogP contribution in [0.15, 0.2) is 17.8 Å². The Bertz CT molecular complexity index is 478. The Hall–Kier alpha value is -0.850. The number of rotatable bonds is 7. The van der Waals surface area contributed by atoms with E-state index in [0.29, 0.717) is 5.92 Å². The van der Waals surface area contributed by atoms with Crippen molar-refractivity contribution in [3.8, 4) is 0 Å². The van der Waals surface area contributed by atoms with E-state index >= 15 is 0 Å². The number of thioether (sulfide) groups is 1. The molecule has 122 valence electrons. The minimum Gasteiger partial charge on any atom is -0.381 e. The summed E-state index contributed by atoms with van der Waals surface area (Å²) in [6, 6.07) is 0. The minimum absolute atomic E-state index is 0.534. The standard InChI is InChI=1S/C16H26N4OS/c1-2-9-20-15(14-3-7-17-8-4-14)18-19-16(20)22-11-6-13-5-10-21-12-13/h2,13-14,17H,1,3-12H2/t13-/m0/s1. The van der Waals surface area contributed by atoms with E-state index in [4.69, 9.17) is 4.74 Å². The molecular formula is C16H26N4OS. The van der Waals surface area contributed by atoms with E-state index in [1.54, 1.807) is 0 Å². The summed E-state index contributed by atoms with van der Waals surface area (Å²) >= 11 is 1.83. The second kappa shape index (κ2) is 8.13. The van der Waals surface area contributed by atoms with Crippen LogP contribution in [0.1, 0.15) is 37.4 Å². The van der Waals surface area contributed by atoms with Gasteiger partial charge in [0.25, 0.3) is 0 Å². The van der Waals surface area contributed by atoms with Gasteiger partial charge in [-0.1, -0.05) is 17.8 Å². The van der Waals surface area contributed by atoms with Gasteiger partial charge in [-0.25, -0.2) is 0 Å². The maximum Gasteiger partial charge on any atom is 0.191 e. The molecule has 1 aromatic rings. The fraction of sp³-hybridized carbons (Fsp3) is 0.750. The van der Waals surface area contributed by atoms with Crippen LogP contribution < -0.4 is 5.32 Å². The molecule has 1 aromatic heterocycles. The van der Waals surface area contributed by atoms with Crippen LogP contribution in [-0.2, 0) is 11.3 Å². The van der Waals surface area contributed by atoms with Crippen molar-refractivity contribution in [1.29, 1.82) is 0 Å². The molecule has 0 unspecified atom stereocenters. The highest BCUT2D eigenvalue weighted by Crippen LogP contribution is 2.28. The van der Waals surface area contributed by atoms with Crippen LogP contribution in [0.5, 0.6) is 0 Å². The molecule has 0 amide bonds. The zero-order valence-corrected chi connectivity index (χ0v) is 14.0. The Morgan fingerprint density at radius 3 is 2.91 bits per heavy atom. The van der Waals surface area contributed by atoms with E-state index in [1.165, 1.54) is 12.8 Å². The first-order valence-electron chi connectivity index (χ1n) is 8.33. The van der Waals surface area contributed by atoms with Crippen molar-refractivity contribution in [3.05, 3.63) is 18.5 Å². The molecule has 6 heteroatoms. The van der Waals surface area contributed by atoms with Crippen LogP contribution >= 0.6 is 11.8 Å². The van der Waals surface area contributed by atoms with Gasteiger partial charge in [0, 0.05) is 31.4 Å². The van der Waals surface area contributed by atoms with Crippen molar-refractivity contribution in [2.75, 3.05) is 32.1 Å². The normalized spacial score (nSPS) is 23.0. The summed E-state index contributed by atoms with van der Waals surface area (Å²) in [7, 11) is 0. The SMILES string of the molecule is C=CCn1c(SCC[C@@H]2CCOC2)nnc1C1CCNCC1. The van der Waals surface area contributed by atoms with E-state index in [1.807, 2.05) is 17.8 Å². The van der Waals surface area contributed by atoms with E-state index < -0.39 is 0 Å². The van der Waals surface area contributed by atoms with Gasteiger partial charge in [-0.15, -0.1) is 16.8 Å². The lowest BCUT2D eigenvalue weighted by Gasteiger charge is -2.22. The average molecular weight is 322 g/mol. The first-order valence-corrected chi connectivity index (χ1v) is 9.32. The molecule has 0 aliphatic carbocycles. The largest absolute Gasteiger partial charge is 0.381 e. The molecule has 22 heavy (non-hydrogen) atoms. The summed E-state index contributed by atoms with van der Waals surface area (Å²) < 4.78 is 7.71. The number of piperidine rings is 1. The van der Waals surface area contributed by atoms with E-state index in [0.717, 1.165) is 68.3 Å². The van der Waals surface area contributed by atoms with Gasteiger partial charge in [0.1, 0.15) is 5.82 Å². The summed E-state index contributed by atoms with van der Waals surface area (Å²) in [6.07, 6.45) is 6.66. The molecule has 1 N–H and O–H groups in total. The van der Waals surface area contributed by atoms with E-state index in [9.17, 15) is 0 Å². The zero-order valence-electron chi connectivity index (χ0n) is 13.2. The number of nitrogens with one attached hydrogen (secondary N) is 1. The van der Waals surface area contributed by atoms with Gasteiger partial charge in [0.15, 0.2) is 5.16 Å². The van der Waals surface area contributed by atoms with Crippen LogP contribution in [0.25, 0.3) is 0 Å². The second-order valence-corrected chi connectivity index (χ2v) is 7.19. The number of allylic oxidation sites excluding steroid dienone is 1. The third-order valence-corrected chi connectivity index (χ3v) is 5.54. The van der Waals surface area contributed by atoms with Crippen LogP contribution in [-0.4, -0.2) is 46.8 Å². The second-order valence-electron chi connectivity index (χ2n) is 6.13. The highest BCUT2D eigenvalue weighted by Gasteiger charge is 2.23. The molecule has 5 nitrogen and oxygen atoms in total. The lowest BCUT2D eigenvalue weighted by molar-refractivity contribution is 0.185. The monoisotopic (exact) mass is 322 g/mol. The average Bonchev–Trinajstić information content (AvgIpc) is 3.19. The third kappa shape index (κ3) is 3.91.